The summed E-state index contributed by atoms with van der Waals surface area (Å²) in [7, 11) is 0. The molecule has 110 valence electrons. The summed E-state index contributed by atoms with van der Waals surface area (Å²) in [6, 6.07) is 7.81. The third kappa shape index (κ3) is 8.14. The summed E-state index contributed by atoms with van der Waals surface area (Å²) in [5.41, 5.74) is 0.937. The molecule has 1 rings (SSSR count). The zero-order valence-corrected chi connectivity index (χ0v) is 13.0. The topological polar surface area (TPSA) is 29.5 Å². The van der Waals surface area contributed by atoms with Crippen LogP contribution in [0.1, 0.15) is 38.2 Å². The van der Waals surface area contributed by atoms with Gasteiger partial charge in [0.1, 0.15) is 5.75 Å². The second kappa shape index (κ2) is 11.7. The lowest BCUT2D eigenvalue weighted by Gasteiger charge is -2.06. The van der Waals surface area contributed by atoms with Gasteiger partial charge in [-0.1, -0.05) is 37.7 Å². The summed E-state index contributed by atoms with van der Waals surface area (Å²) in [5, 5.41) is 8.69. The van der Waals surface area contributed by atoms with Crippen LogP contribution in [0, 0.1) is 11.8 Å². The molecule has 0 aliphatic rings. The number of rotatable bonds is 9. The molecular formula is C17H24O2S. The first kappa shape index (κ1) is 16.9. The first-order valence-corrected chi connectivity index (χ1v) is 8.42. The quantitative estimate of drug-likeness (QED) is 0.555. The molecule has 0 atom stereocenters. The predicted molar refractivity (Wildman–Crippen MR) is 87.4 cm³/mol. The van der Waals surface area contributed by atoms with Crippen molar-refractivity contribution in [1.29, 1.82) is 0 Å². The van der Waals surface area contributed by atoms with Crippen molar-refractivity contribution in [3.63, 3.8) is 0 Å². The Morgan fingerprint density at radius 2 is 2.15 bits per heavy atom. The van der Waals surface area contributed by atoms with Crippen molar-refractivity contribution in [3.05, 3.63) is 29.8 Å². The fraction of sp³-hybridized carbons (Fsp3) is 0.529. The summed E-state index contributed by atoms with van der Waals surface area (Å²) in [4.78, 5) is 0. The largest absolute Gasteiger partial charge is 0.493 e. The number of aliphatic hydroxyl groups excluding tert-OH is 1. The molecule has 0 aromatic heterocycles. The molecule has 2 nitrogen and oxygen atoms in total. The van der Waals surface area contributed by atoms with Crippen molar-refractivity contribution in [1.82, 2.24) is 0 Å². The van der Waals surface area contributed by atoms with Gasteiger partial charge in [-0.05, 0) is 30.4 Å². The van der Waals surface area contributed by atoms with Gasteiger partial charge in [0.25, 0.3) is 0 Å². The molecule has 0 fully saturated rings. The van der Waals surface area contributed by atoms with Gasteiger partial charge in [0.05, 0.1) is 13.2 Å². The van der Waals surface area contributed by atoms with Gasteiger partial charge >= 0.3 is 0 Å². The normalized spacial score (nSPS) is 9.90. The predicted octanol–water partition coefficient (Wildman–Crippen LogP) is 3.72. The van der Waals surface area contributed by atoms with E-state index in [4.69, 9.17) is 9.84 Å². The zero-order chi connectivity index (χ0) is 14.5. The van der Waals surface area contributed by atoms with E-state index >= 15 is 0 Å². The minimum absolute atomic E-state index is 0.110. The second-order valence-corrected chi connectivity index (χ2v) is 5.70. The molecule has 0 aliphatic heterocycles. The molecule has 0 saturated carbocycles. The number of aliphatic hydroxyl groups is 1. The van der Waals surface area contributed by atoms with Crippen molar-refractivity contribution < 1.29 is 9.84 Å². The Morgan fingerprint density at radius 3 is 2.95 bits per heavy atom. The summed E-state index contributed by atoms with van der Waals surface area (Å²) in [6.07, 6.45) is 4.42. The number of ether oxygens (including phenoxy) is 1. The average Bonchev–Trinajstić information content (AvgIpc) is 2.47. The van der Waals surface area contributed by atoms with E-state index in [-0.39, 0.29) is 6.61 Å². The number of thioether (sulfide) groups is 1. The van der Waals surface area contributed by atoms with Crippen molar-refractivity contribution in [2.24, 2.45) is 0 Å². The van der Waals surface area contributed by atoms with E-state index in [2.05, 4.69) is 18.8 Å². The van der Waals surface area contributed by atoms with Crippen molar-refractivity contribution in [2.45, 2.75) is 32.6 Å². The lowest BCUT2D eigenvalue weighted by molar-refractivity contribution is 0.305. The number of benzene rings is 1. The summed E-state index contributed by atoms with van der Waals surface area (Å²) >= 11 is 1.95. The summed E-state index contributed by atoms with van der Waals surface area (Å²) in [5.74, 6) is 9.06. The Kier molecular flexibility index (Phi) is 9.91. The fourth-order valence-corrected chi connectivity index (χ4v) is 2.47. The maximum atomic E-state index is 8.69. The number of unbranched alkanes of at least 4 members (excludes halogenated alkanes) is 2. The third-order valence-corrected chi connectivity index (χ3v) is 3.72. The smallest absolute Gasteiger partial charge is 0.120 e. The molecule has 0 aliphatic carbocycles. The Balaban J connectivity index is 2.23. The van der Waals surface area contributed by atoms with Crippen LogP contribution < -0.4 is 4.74 Å². The Bertz CT molecular complexity index is 420. The van der Waals surface area contributed by atoms with Gasteiger partial charge in [-0.25, -0.2) is 0 Å². The first-order valence-electron chi connectivity index (χ1n) is 7.27. The van der Waals surface area contributed by atoms with Crippen LogP contribution in [0.5, 0.6) is 5.75 Å². The number of hydrogen-bond donors (Lipinski definition) is 1. The molecular weight excluding hydrogens is 268 g/mol. The van der Waals surface area contributed by atoms with Crippen LogP contribution in [0.2, 0.25) is 0 Å². The van der Waals surface area contributed by atoms with Gasteiger partial charge in [-0.15, -0.1) is 0 Å². The summed E-state index contributed by atoms with van der Waals surface area (Å²) in [6.45, 7) is 3.08. The van der Waals surface area contributed by atoms with Crippen molar-refractivity contribution in [3.8, 4) is 17.6 Å². The number of hydrogen-bond acceptors (Lipinski definition) is 3. The Hall–Kier alpha value is -1.11. The lowest BCUT2D eigenvalue weighted by atomic mass is 10.2. The highest BCUT2D eigenvalue weighted by molar-refractivity contribution is 7.99. The van der Waals surface area contributed by atoms with Gasteiger partial charge in [0, 0.05) is 17.7 Å². The lowest BCUT2D eigenvalue weighted by Crippen LogP contribution is -2.00. The van der Waals surface area contributed by atoms with E-state index in [1.165, 1.54) is 25.0 Å². The monoisotopic (exact) mass is 292 g/mol. The second-order valence-electron chi connectivity index (χ2n) is 4.47. The molecule has 0 amide bonds. The van der Waals surface area contributed by atoms with Gasteiger partial charge in [-0.2, -0.15) is 11.8 Å². The minimum Gasteiger partial charge on any atom is -0.493 e. The molecule has 3 heteroatoms. The molecule has 1 aromatic carbocycles. The van der Waals surface area contributed by atoms with Crippen LogP contribution in [0.25, 0.3) is 0 Å². The van der Waals surface area contributed by atoms with Gasteiger partial charge in [-0.3, -0.25) is 0 Å². The Morgan fingerprint density at radius 1 is 1.25 bits per heavy atom. The highest BCUT2D eigenvalue weighted by Gasteiger charge is 1.95. The van der Waals surface area contributed by atoms with E-state index in [0.29, 0.717) is 6.42 Å². The maximum Gasteiger partial charge on any atom is 0.120 e. The SMILES string of the molecule is CCCCCSCCOc1cccc(C#CCCO)c1. The van der Waals surface area contributed by atoms with E-state index in [9.17, 15) is 0 Å². The van der Waals surface area contributed by atoms with Gasteiger partial charge in [0.2, 0.25) is 0 Å². The standard InChI is InChI=1S/C17H24O2S/c1-2-3-6-13-20-14-12-19-17-10-7-9-16(15-17)8-4-5-11-18/h7,9-10,15,18H,2-3,5-6,11-14H2,1H3. The van der Waals surface area contributed by atoms with Crippen LogP contribution >= 0.6 is 11.8 Å². The third-order valence-electron chi connectivity index (χ3n) is 2.69. The molecule has 0 spiro atoms. The molecule has 20 heavy (non-hydrogen) atoms. The van der Waals surface area contributed by atoms with E-state index < -0.39 is 0 Å². The van der Waals surface area contributed by atoms with Crippen LogP contribution in [0.3, 0.4) is 0 Å². The van der Waals surface area contributed by atoms with E-state index in [1.54, 1.807) is 0 Å². The fourth-order valence-electron chi connectivity index (χ4n) is 1.66. The van der Waals surface area contributed by atoms with Gasteiger partial charge < -0.3 is 9.84 Å². The van der Waals surface area contributed by atoms with Crippen LogP contribution in [0.4, 0.5) is 0 Å². The van der Waals surface area contributed by atoms with Crippen LogP contribution in [-0.4, -0.2) is 29.8 Å². The molecule has 0 bridgehead atoms. The van der Waals surface area contributed by atoms with E-state index in [0.717, 1.165) is 23.7 Å². The Labute approximate surface area is 126 Å². The highest BCUT2D eigenvalue weighted by Crippen LogP contribution is 2.13. The zero-order valence-electron chi connectivity index (χ0n) is 12.2. The van der Waals surface area contributed by atoms with Crippen LogP contribution in [-0.2, 0) is 0 Å². The van der Waals surface area contributed by atoms with E-state index in [1.807, 2.05) is 36.0 Å². The van der Waals surface area contributed by atoms with Crippen molar-refractivity contribution in [2.75, 3.05) is 24.7 Å². The highest BCUT2D eigenvalue weighted by atomic mass is 32.2. The minimum atomic E-state index is 0.110. The molecule has 0 saturated heterocycles. The van der Waals surface area contributed by atoms with Crippen LogP contribution in [0.15, 0.2) is 24.3 Å². The first-order chi connectivity index (χ1) is 9.86. The average molecular weight is 292 g/mol. The van der Waals surface area contributed by atoms with Crippen molar-refractivity contribution >= 4 is 11.8 Å². The van der Waals surface area contributed by atoms with Gasteiger partial charge in [0.15, 0.2) is 0 Å². The molecule has 1 N–H and O–H groups in total. The molecule has 0 heterocycles. The molecule has 0 unspecified atom stereocenters. The molecule has 0 radical (unpaired) electrons. The maximum absolute atomic E-state index is 8.69. The summed E-state index contributed by atoms with van der Waals surface area (Å²) < 4.78 is 5.72. The molecule has 1 aromatic rings.